The Labute approximate surface area is 113 Å². The maximum absolute atomic E-state index is 5.41. The van der Waals surface area contributed by atoms with Crippen molar-refractivity contribution in [2.75, 3.05) is 33.4 Å². The molecule has 1 rings (SSSR count). The van der Waals surface area contributed by atoms with Crippen LogP contribution in [0.5, 0.6) is 0 Å². The second-order valence-electron chi connectivity index (χ2n) is 7.14. The molecule has 0 saturated carbocycles. The first-order chi connectivity index (χ1) is 8.31. The molecule has 0 bridgehead atoms. The zero-order chi connectivity index (χ0) is 13.8. The van der Waals surface area contributed by atoms with Gasteiger partial charge in [-0.2, -0.15) is 0 Å². The van der Waals surface area contributed by atoms with Crippen LogP contribution >= 0.6 is 0 Å². The minimum atomic E-state index is 0.180. The molecule has 1 heterocycles. The van der Waals surface area contributed by atoms with E-state index in [-0.39, 0.29) is 5.54 Å². The summed E-state index contributed by atoms with van der Waals surface area (Å²) in [6.07, 6.45) is 1.36. The van der Waals surface area contributed by atoms with E-state index in [0.717, 1.165) is 25.0 Å². The van der Waals surface area contributed by atoms with Gasteiger partial charge in [-0.3, -0.25) is 4.90 Å². The van der Waals surface area contributed by atoms with Crippen LogP contribution in [0.2, 0.25) is 0 Å². The van der Waals surface area contributed by atoms with Crippen molar-refractivity contribution in [3.05, 3.63) is 0 Å². The molecule has 1 saturated heterocycles. The molecule has 0 spiro atoms. The minimum absolute atomic E-state index is 0.180. The smallest absolute Gasteiger partial charge is 0.0630 e. The zero-order valence-electron chi connectivity index (χ0n) is 13.1. The lowest BCUT2D eigenvalue weighted by molar-refractivity contribution is 0.0422. The summed E-state index contributed by atoms with van der Waals surface area (Å²) in [7, 11) is 1.81. The molecule has 0 amide bonds. The maximum Gasteiger partial charge on any atom is 0.0630 e. The molecule has 3 unspecified atom stereocenters. The van der Waals surface area contributed by atoms with Crippen molar-refractivity contribution >= 4 is 0 Å². The van der Waals surface area contributed by atoms with Gasteiger partial charge in [0.25, 0.3) is 0 Å². The Morgan fingerprint density at radius 3 is 2.22 bits per heavy atom. The van der Waals surface area contributed by atoms with Gasteiger partial charge in [0.15, 0.2) is 0 Å². The minimum Gasteiger partial charge on any atom is -0.383 e. The predicted octanol–water partition coefficient (Wildman–Crippen LogP) is 2.37. The van der Waals surface area contributed by atoms with E-state index in [1.807, 2.05) is 0 Å². The molecule has 18 heavy (non-hydrogen) atoms. The molecular weight excluding hydrogens is 224 g/mol. The van der Waals surface area contributed by atoms with E-state index in [0.29, 0.717) is 6.04 Å². The molecule has 0 radical (unpaired) electrons. The lowest BCUT2D eigenvalue weighted by Crippen LogP contribution is -2.53. The molecule has 0 aromatic rings. The van der Waals surface area contributed by atoms with Crippen molar-refractivity contribution < 1.29 is 4.74 Å². The highest BCUT2D eigenvalue weighted by Crippen LogP contribution is 2.22. The van der Waals surface area contributed by atoms with Gasteiger partial charge >= 0.3 is 0 Å². The van der Waals surface area contributed by atoms with Crippen LogP contribution in [0.15, 0.2) is 0 Å². The van der Waals surface area contributed by atoms with Crippen molar-refractivity contribution in [1.29, 1.82) is 0 Å². The van der Waals surface area contributed by atoms with Gasteiger partial charge in [0.2, 0.25) is 0 Å². The number of hydrogen-bond donors (Lipinski definition) is 1. The summed E-state index contributed by atoms with van der Waals surface area (Å²) in [6.45, 7) is 15.6. The molecule has 1 N–H and O–H groups in total. The number of ether oxygens (including phenoxy) is 1. The Bertz CT molecular complexity index is 227. The number of methoxy groups -OCH3 is 1. The van der Waals surface area contributed by atoms with E-state index in [9.17, 15) is 0 Å². The van der Waals surface area contributed by atoms with Crippen molar-refractivity contribution in [2.24, 2.45) is 11.8 Å². The second-order valence-corrected chi connectivity index (χ2v) is 7.14. The van der Waals surface area contributed by atoms with Gasteiger partial charge in [0.1, 0.15) is 0 Å². The number of likely N-dealkylation sites (tertiary alicyclic amines) is 1. The Morgan fingerprint density at radius 1 is 1.22 bits per heavy atom. The van der Waals surface area contributed by atoms with Crippen molar-refractivity contribution in [3.63, 3.8) is 0 Å². The number of rotatable bonds is 5. The first-order valence-corrected chi connectivity index (χ1v) is 7.30. The molecule has 1 aliphatic heterocycles. The van der Waals surface area contributed by atoms with Crippen LogP contribution in [0.25, 0.3) is 0 Å². The van der Waals surface area contributed by atoms with Gasteiger partial charge in [0, 0.05) is 38.3 Å². The summed E-state index contributed by atoms with van der Waals surface area (Å²) < 4.78 is 5.41. The van der Waals surface area contributed by atoms with Crippen molar-refractivity contribution in [3.8, 4) is 0 Å². The van der Waals surface area contributed by atoms with Crippen LogP contribution in [-0.4, -0.2) is 49.8 Å². The Kier molecular flexibility index (Phi) is 6.09. The van der Waals surface area contributed by atoms with E-state index in [1.54, 1.807) is 7.11 Å². The van der Waals surface area contributed by atoms with E-state index in [2.05, 4.69) is 44.8 Å². The highest BCUT2D eigenvalue weighted by Gasteiger charge is 2.28. The summed E-state index contributed by atoms with van der Waals surface area (Å²) in [6, 6.07) is 0.499. The predicted molar refractivity (Wildman–Crippen MR) is 77.9 cm³/mol. The maximum atomic E-state index is 5.41. The fourth-order valence-electron chi connectivity index (χ4n) is 2.92. The highest BCUT2D eigenvalue weighted by atomic mass is 16.5. The average molecular weight is 256 g/mol. The Hall–Kier alpha value is -0.120. The SMILES string of the molecule is COCC(CNC(C)(C)C)N1CC(C)CC(C)C1. The van der Waals surface area contributed by atoms with E-state index >= 15 is 0 Å². The summed E-state index contributed by atoms with van der Waals surface area (Å²) in [4.78, 5) is 2.61. The van der Waals surface area contributed by atoms with E-state index < -0.39 is 0 Å². The lowest BCUT2D eigenvalue weighted by Gasteiger charge is -2.41. The van der Waals surface area contributed by atoms with Crippen LogP contribution < -0.4 is 5.32 Å². The summed E-state index contributed by atoms with van der Waals surface area (Å²) >= 11 is 0. The average Bonchev–Trinajstić information content (AvgIpc) is 2.21. The molecule has 3 heteroatoms. The molecule has 108 valence electrons. The topological polar surface area (TPSA) is 24.5 Å². The number of nitrogens with one attached hydrogen (secondary N) is 1. The standard InChI is InChI=1S/C15H32N2O/c1-12-7-13(2)10-17(9-12)14(11-18-6)8-16-15(3,4)5/h12-14,16H,7-11H2,1-6H3. The fourth-order valence-corrected chi connectivity index (χ4v) is 2.92. The molecule has 0 aliphatic carbocycles. The lowest BCUT2D eigenvalue weighted by atomic mass is 9.91. The Balaban J connectivity index is 2.54. The monoisotopic (exact) mass is 256 g/mol. The number of nitrogens with zero attached hydrogens (tertiary/aromatic N) is 1. The first kappa shape index (κ1) is 15.9. The quantitative estimate of drug-likeness (QED) is 0.817. The third kappa shape index (κ3) is 5.68. The van der Waals surface area contributed by atoms with Gasteiger partial charge < -0.3 is 10.1 Å². The number of piperidine rings is 1. The van der Waals surface area contributed by atoms with E-state index in [1.165, 1.54) is 19.5 Å². The first-order valence-electron chi connectivity index (χ1n) is 7.30. The van der Waals surface area contributed by atoms with Crippen LogP contribution in [0.3, 0.4) is 0 Å². The van der Waals surface area contributed by atoms with Gasteiger partial charge in [-0.25, -0.2) is 0 Å². The third-order valence-corrected chi connectivity index (χ3v) is 3.64. The molecule has 3 atom stereocenters. The number of hydrogen-bond acceptors (Lipinski definition) is 3. The normalized spacial score (nSPS) is 28.3. The van der Waals surface area contributed by atoms with Crippen LogP contribution in [0.4, 0.5) is 0 Å². The molecule has 1 fully saturated rings. The fraction of sp³-hybridized carbons (Fsp3) is 1.00. The second kappa shape index (κ2) is 6.88. The van der Waals surface area contributed by atoms with Gasteiger partial charge in [-0.15, -0.1) is 0 Å². The molecular formula is C15H32N2O. The molecule has 0 aromatic heterocycles. The molecule has 0 aromatic carbocycles. The highest BCUT2D eigenvalue weighted by molar-refractivity contribution is 4.84. The largest absolute Gasteiger partial charge is 0.383 e. The van der Waals surface area contributed by atoms with Crippen molar-refractivity contribution in [1.82, 2.24) is 10.2 Å². The third-order valence-electron chi connectivity index (χ3n) is 3.64. The molecule has 3 nitrogen and oxygen atoms in total. The van der Waals surface area contributed by atoms with Gasteiger partial charge in [-0.1, -0.05) is 13.8 Å². The summed E-state index contributed by atoms with van der Waals surface area (Å²) in [5, 5.41) is 3.61. The van der Waals surface area contributed by atoms with E-state index in [4.69, 9.17) is 4.74 Å². The molecule has 1 aliphatic rings. The summed E-state index contributed by atoms with van der Waals surface area (Å²) in [5.74, 6) is 1.62. The van der Waals surface area contributed by atoms with Gasteiger partial charge in [-0.05, 0) is 39.0 Å². The Morgan fingerprint density at radius 2 is 1.78 bits per heavy atom. The zero-order valence-corrected chi connectivity index (χ0v) is 13.1. The van der Waals surface area contributed by atoms with Crippen LogP contribution in [-0.2, 0) is 4.74 Å². The summed E-state index contributed by atoms with van der Waals surface area (Å²) in [5.41, 5.74) is 0.180. The van der Waals surface area contributed by atoms with Gasteiger partial charge in [0.05, 0.1) is 6.61 Å². The van der Waals surface area contributed by atoms with Crippen molar-refractivity contribution in [2.45, 2.75) is 52.6 Å². The van der Waals surface area contributed by atoms with Crippen LogP contribution in [0, 0.1) is 11.8 Å². The van der Waals surface area contributed by atoms with Crippen LogP contribution in [0.1, 0.15) is 41.0 Å².